The van der Waals surface area contributed by atoms with Gasteiger partial charge >= 0.3 is 12.2 Å². The lowest BCUT2D eigenvalue weighted by molar-refractivity contribution is -0.140. The minimum Gasteiger partial charge on any atom is -0.393 e. The molecule has 1 rings (SSSR count). The smallest absolute Gasteiger partial charge is 0.393 e. The molecule has 0 radical (unpaired) electrons. The Kier molecular flexibility index (Phi) is 6.41. The molecule has 1 aromatic rings. The normalized spacial score (nSPS) is 14.6. The van der Waals surface area contributed by atoms with E-state index in [2.05, 4.69) is 15.6 Å². The van der Waals surface area contributed by atoms with Crippen LogP contribution < -0.4 is 10.6 Å². The summed E-state index contributed by atoms with van der Waals surface area (Å²) in [5.41, 5.74) is -0.947. The van der Waals surface area contributed by atoms with Crippen molar-refractivity contribution in [1.29, 1.82) is 0 Å². The number of carbonyl (C=O) groups excluding carboxylic acids is 1. The summed E-state index contributed by atoms with van der Waals surface area (Å²) in [6.07, 6.45) is -4.18. The minimum absolute atomic E-state index is 0.218. The molecule has 0 aliphatic rings. The van der Waals surface area contributed by atoms with Crippen LogP contribution in [-0.4, -0.2) is 28.8 Å². The number of alkyl halides is 3. The van der Waals surface area contributed by atoms with E-state index in [9.17, 15) is 18.0 Å². The second-order valence-corrected chi connectivity index (χ2v) is 5.46. The number of urea groups is 1. The Balaban J connectivity index is 2.58. The molecule has 0 aliphatic heterocycles. The van der Waals surface area contributed by atoms with E-state index < -0.39 is 30.0 Å². The zero-order valence-electron chi connectivity index (χ0n) is 11.7. The molecule has 120 valence electrons. The van der Waals surface area contributed by atoms with Gasteiger partial charge in [0.25, 0.3) is 0 Å². The van der Waals surface area contributed by atoms with Crippen molar-refractivity contribution in [3.8, 4) is 0 Å². The Hall–Kier alpha value is -1.35. The molecule has 0 saturated carbocycles. The molecule has 0 aliphatic carbocycles. The van der Waals surface area contributed by atoms with Crippen LogP contribution in [0, 0.1) is 0 Å². The van der Waals surface area contributed by atoms with Crippen LogP contribution in [0.3, 0.4) is 0 Å². The predicted octanol–water partition coefficient (Wildman–Crippen LogP) is 2.68. The van der Waals surface area contributed by atoms with Crippen molar-refractivity contribution in [1.82, 2.24) is 15.6 Å². The summed E-state index contributed by atoms with van der Waals surface area (Å²) in [6, 6.07) is -1.07. The molecule has 0 aromatic carbocycles. The van der Waals surface area contributed by atoms with Gasteiger partial charge in [-0.05, 0) is 19.8 Å². The Bertz CT molecular complexity index is 463. The quantitative estimate of drug-likeness (QED) is 0.753. The number of nitrogens with zero attached hydrogens (tertiary/aromatic N) is 1. The van der Waals surface area contributed by atoms with Gasteiger partial charge in [-0.25, -0.2) is 9.78 Å². The summed E-state index contributed by atoms with van der Waals surface area (Å²) in [5.74, 6) is 0. The number of amides is 2. The highest BCUT2D eigenvalue weighted by Crippen LogP contribution is 2.32. The van der Waals surface area contributed by atoms with Crippen LogP contribution in [0.25, 0.3) is 0 Å². The molecule has 2 amide bonds. The fourth-order valence-electron chi connectivity index (χ4n) is 1.52. The maximum Gasteiger partial charge on any atom is 0.434 e. The monoisotopic (exact) mass is 325 g/mol. The van der Waals surface area contributed by atoms with Crippen molar-refractivity contribution in [2.45, 2.75) is 45.0 Å². The summed E-state index contributed by atoms with van der Waals surface area (Å²) in [5, 5.41) is 15.3. The van der Waals surface area contributed by atoms with Crippen LogP contribution in [-0.2, 0) is 6.18 Å². The number of aliphatic hydroxyl groups excluding tert-OH is 1. The van der Waals surface area contributed by atoms with Gasteiger partial charge in [-0.2, -0.15) is 13.2 Å². The first-order chi connectivity index (χ1) is 9.74. The van der Waals surface area contributed by atoms with Gasteiger partial charge in [0.05, 0.1) is 12.1 Å². The first-order valence-electron chi connectivity index (χ1n) is 6.49. The van der Waals surface area contributed by atoms with Crippen molar-refractivity contribution < 1.29 is 23.1 Å². The lowest BCUT2D eigenvalue weighted by Crippen LogP contribution is -2.38. The topological polar surface area (TPSA) is 74.2 Å². The third kappa shape index (κ3) is 5.88. The van der Waals surface area contributed by atoms with E-state index in [1.807, 2.05) is 0 Å². The van der Waals surface area contributed by atoms with E-state index in [1.165, 1.54) is 0 Å². The van der Waals surface area contributed by atoms with Crippen LogP contribution >= 0.6 is 11.3 Å². The Morgan fingerprint density at radius 2 is 2.19 bits per heavy atom. The summed E-state index contributed by atoms with van der Waals surface area (Å²) in [7, 11) is 0. The number of nitrogens with one attached hydrogen (secondary N) is 2. The number of aromatic nitrogens is 1. The van der Waals surface area contributed by atoms with Gasteiger partial charge in [-0.1, -0.05) is 6.92 Å². The SMILES string of the molecule is CCC(NC(=O)NCCC(C)O)c1nc(C(F)(F)F)cs1. The lowest BCUT2D eigenvalue weighted by Gasteiger charge is -2.15. The molecule has 2 atom stereocenters. The fourth-order valence-corrected chi connectivity index (χ4v) is 2.48. The van der Waals surface area contributed by atoms with Gasteiger partial charge in [0.1, 0.15) is 5.01 Å². The number of hydrogen-bond donors (Lipinski definition) is 3. The molecular formula is C12H18F3N3O2S. The minimum atomic E-state index is -4.48. The second kappa shape index (κ2) is 7.60. The van der Waals surface area contributed by atoms with Gasteiger partial charge < -0.3 is 15.7 Å². The number of thiazole rings is 1. The summed E-state index contributed by atoms with van der Waals surface area (Å²) in [4.78, 5) is 15.1. The Morgan fingerprint density at radius 3 is 2.67 bits per heavy atom. The van der Waals surface area contributed by atoms with Crippen LogP contribution in [0.2, 0.25) is 0 Å². The van der Waals surface area contributed by atoms with Crippen LogP contribution in [0.15, 0.2) is 5.38 Å². The number of rotatable bonds is 6. The molecule has 0 bridgehead atoms. The van der Waals surface area contributed by atoms with Crippen molar-refractivity contribution in [3.05, 3.63) is 16.1 Å². The third-order valence-electron chi connectivity index (χ3n) is 2.67. The second-order valence-electron chi connectivity index (χ2n) is 4.57. The Morgan fingerprint density at radius 1 is 1.52 bits per heavy atom. The fraction of sp³-hybridized carbons (Fsp3) is 0.667. The maximum atomic E-state index is 12.5. The molecule has 3 N–H and O–H groups in total. The Labute approximate surface area is 124 Å². The van der Waals surface area contributed by atoms with Crippen molar-refractivity contribution in [2.75, 3.05) is 6.54 Å². The van der Waals surface area contributed by atoms with E-state index in [-0.39, 0.29) is 11.6 Å². The van der Waals surface area contributed by atoms with E-state index >= 15 is 0 Å². The standard InChI is InChI=1S/C12H18F3N3O2S/c1-3-8(17-11(20)16-5-4-7(2)19)10-18-9(6-21-10)12(13,14)15/h6-8,19H,3-5H2,1-2H3,(H2,16,17,20). The van der Waals surface area contributed by atoms with E-state index in [1.54, 1.807) is 13.8 Å². The predicted molar refractivity (Wildman–Crippen MR) is 73.0 cm³/mol. The van der Waals surface area contributed by atoms with E-state index in [0.717, 1.165) is 16.7 Å². The molecule has 0 saturated heterocycles. The summed E-state index contributed by atoms with van der Waals surface area (Å²) >= 11 is 0.866. The molecule has 0 fully saturated rings. The molecule has 2 unspecified atom stereocenters. The molecule has 5 nitrogen and oxygen atoms in total. The summed E-state index contributed by atoms with van der Waals surface area (Å²) in [6.45, 7) is 3.63. The van der Waals surface area contributed by atoms with Crippen molar-refractivity contribution in [3.63, 3.8) is 0 Å². The van der Waals surface area contributed by atoms with Crippen LogP contribution in [0.1, 0.15) is 43.4 Å². The van der Waals surface area contributed by atoms with Crippen molar-refractivity contribution in [2.24, 2.45) is 0 Å². The number of halogens is 3. The molecule has 21 heavy (non-hydrogen) atoms. The zero-order valence-corrected chi connectivity index (χ0v) is 12.5. The van der Waals surface area contributed by atoms with E-state index in [4.69, 9.17) is 5.11 Å². The van der Waals surface area contributed by atoms with Gasteiger partial charge in [0, 0.05) is 11.9 Å². The number of hydrogen-bond acceptors (Lipinski definition) is 4. The first kappa shape index (κ1) is 17.7. The zero-order chi connectivity index (χ0) is 16.0. The molecule has 9 heteroatoms. The molecule has 1 aromatic heterocycles. The average molecular weight is 325 g/mol. The highest BCUT2D eigenvalue weighted by Gasteiger charge is 2.34. The molecule has 0 spiro atoms. The average Bonchev–Trinajstić information content (AvgIpc) is 2.84. The van der Waals surface area contributed by atoms with Crippen LogP contribution in [0.5, 0.6) is 0 Å². The van der Waals surface area contributed by atoms with Crippen molar-refractivity contribution >= 4 is 17.4 Å². The number of aliphatic hydroxyl groups is 1. The van der Waals surface area contributed by atoms with Gasteiger partial charge in [0.15, 0.2) is 5.69 Å². The third-order valence-corrected chi connectivity index (χ3v) is 3.63. The lowest BCUT2D eigenvalue weighted by atomic mass is 10.2. The van der Waals surface area contributed by atoms with E-state index in [0.29, 0.717) is 12.8 Å². The van der Waals surface area contributed by atoms with Gasteiger partial charge in [-0.15, -0.1) is 11.3 Å². The van der Waals surface area contributed by atoms with Gasteiger partial charge in [-0.3, -0.25) is 0 Å². The summed E-state index contributed by atoms with van der Waals surface area (Å²) < 4.78 is 37.5. The van der Waals surface area contributed by atoms with Gasteiger partial charge in [0.2, 0.25) is 0 Å². The highest BCUT2D eigenvalue weighted by atomic mass is 32.1. The number of carbonyl (C=O) groups is 1. The molecular weight excluding hydrogens is 307 g/mol. The molecule has 1 heterocycles. The maximum absolute atomic E-state index is 12.5. The first-order valence-corrected chi connectivity index (χ1v) is 7.37. The highest BCUT2D eigenvalue weighted by molar-refractivity contribution is 7.09. The largest absolute Gasteiger partial charge is 0.434 e. The van der Waals surface area contributed by atoms with Crippen LogP contribution in [0.4, 0.5) is 18.0 Å².